The Kier molecular flexibility index (Phi) is 3.91. The molecule has 0 radical (unpaired) electrons. The summed E-state index contributed by atoms with van der Waals surface area (Å²) in [5.74, 6) is -1.89. The lowest BCUT2D eigenvalue weighted by Crippen LogP contribution is -2.32. The van der Waals surface area contributed by atoms with Crippen LogP contribution in [-0.4, -0.2) is 28.0 Å². The van der Waals surface area contributed by atoms with Crippen LogP contribution in [-0.2, 0) is 19.2 Å². The summed E-state index contributed by atoms with van der Waals surface area (Å²) in [7, 11) is 0. The van der Waals surface area contributed by atoms with E-state index in [9.17, 15) is 19.5 Å². The van der Waals surface area contributed by atoms with Gasteiger partial charge in [0.1, 0.15) is 0 Å². The van der Waals surface area contributed by atoms with Crippen LogP contribution in [0.3, 0.4) is 0 Å². The number of hydrogen-bond donors (Lipinski definition) is 1. The zero-order valence-electron chi connectivity index (χ0n) is 10.1. The summed E-state index contributed by atoms with van der Waals surface area (Å²) in [5, 5.41) is 10.3. The number of amides is 2. The summed E-state index contributed by atoms with van der Waals surface area (Å²) in [4.78, 5) is 38.7. The minimum Gasteiger partial charge on any atom is -0.388 e. The first-order valence-electron chi connectivity index (χ1n) is 5.87. The molecule has 1 aliphatic heterocycles. The van der Waals surface area contributed by atoms with Crippen LogP contribution < -0.4 is 0 Å². The number of rotatable bonds is 4. The van der Waals surface area contributed by atoms with E-state index in [-0.39, 0.29) is 19.3 Å². The van der Waals surface area contributed by atoms with Gasteiger partial charge < -0.3 is 9.94 Å². The van der Waals surface area contributed by atoms with E-state index in [0.29, 0.717) is 10.6 Å². The Labute approximate surface area is 109 Å². The fraction of sp³-hybridized carbons (Fsp3) is 0.308. The van der Waals surface area contributed by atoms with E-state index in [0.717, 1.165) is 0 Å². The van der Waals surface area contributed by atoms with Gasteiger partial charge in [-0.3, -0.25) is 9.59 Å². The summed E-state index contributed by atoms with van der Waals surface area (Å²) >= 11 is 0. The highest BCUT2D eigenvalue weighted by Crippen LogP contribution is 2.18. The van der Waals surface area contributed by atoms with Crippen LogP contribution in [0, 0.1) is 0 Å². The number of imide groups is 1. The maximum absolute atomic E-state index is 11.5. The smallest absolute Gasteiger partial charge is 0.336 e. The fourth-order valence-electron chi connectivity index (χ4n) is 1.75. The molecule has 1 unspecified atom stereocenters. The Bertz CT molecular complexity index is 483. The largest absolute Gasteiger partial charge is 0.388 e. The van der Waals surface area contributed by atoms with Gasteiger partial charge in [0.15, 0.2) is 0 Å². The number of hydroxylamine groups is 2. The van der Waals surface area contributed by atoms with Crippen molar-refractivity contribution < 1.29 is 24.3 Å². The van der Waals surface area contributed by atoms with Crippen molar-refractivity contribution in [2.45, 2.75) is 25.4 Å². The molecular weight excluding hydrogens is 250 g/mol. The van der Waals surface area contributed by atoms with Gasteiger partial charge in [-0.25, -0.2) is 4.79 Å². The van der Waals surface area contributed by atoms with Gasteiger partial charge >= 0.3 is 5.97 Å². The van der Waals surface area contributed by atoms with E-state index in [1.54, 1.807) is 30.3 Å². The SMILES string of the molecule is O=C(CC(O)c1ccccc1)ON1C(=O)CCC1=O. The average Bonchev–Trinajstić information content (AvgIpc) is 2.71. The van der Waals surface area contributed by atoms with E-state index in [4.69, 9.17) is 0 Å². The van der Waals surface area contributed by atoms with Crippen LogP contribution in [0.4, 0.5) is 0 Å². The van der Waals surface area contributed by atoms with Gasteiger partial charge in [0.2, 0.25) is 0 Å². The number of carbonyl (C=O) groups is 3. The van der Waals surface area contributed by atoms with E-state index in [2.05, 4.69) is 4.84 Å². The molecule has 100 valence electrons. The van der Waals surface area contributed by atoms with Gasteiger partial charge in [-0.2, -0.15) is 0 Å². The van der Waals surface area contributed by atoms with E-state index >= 15 is 0 Å². The molecule has 2 amide bonds. The molecular formula is C13H13NO5. The second-order valence-corrected chi connectivity index (χ2v) is 4.18. The maximum atomic E-state index is 11.5. The summed E-state index contributed by atoms with van der Waals surface area (Å²) in [6, 6.07) is 8.60. The molecule has 1 fully saturated rings. The first-order valence-corrected chi connectivity index (χ1v) is 5.87. The zero-order valence-corrected chi connectivity index (χ0v) is 10.1. The summed E-state index contributed by atoms with van der Waals surface area (Å²) < 4.78 is 0. The van der Waals surface area contributed by atoms with Gasteiger partial charge in [-0.1, -0.05) is 30.3 Å². The molecule has 1 saturated heterocycles. The van der Waals surface area contributed by atoms with E-state index in [1.807, 2.05) is 0 Å². The van der Waals surface area contributed by atoms with Crippen molar-refractivity contribution in [2.75, 3.05) is 0 Å². The Morgan fingerprint density at radius 1 is 1.21 bits per heavy atom. The van der Waals surface area contributed by atoms with Crippen LogP contribution in [0.25, 0.3) is 0 Å². The molecule has 0 aromatic heterocycles. The molecule has 1 aromatic rings. The molecule has 0 bridgehead atoms. The van der Waals surface area contributed by atoms with Crippen molar-refractivity contribution in [1.29, 1.82) is 0 Å². The van der Waals surface area contributed by atoms with Gasteiger partial charge in [0.25, 0.3) is 11.8 Å². The average molecular weight is 263 g/mol. The van der Waals surface area contributed by atoms with Gasteiger partial charge in [-0.15, -0.1) is 5.06 Å². The highest BCUT2D eigenvalue weighted by atomic mass is 16.7. The first-order chi connectivity index (χ1) is 9.08. The quantitative estimate of drug-likeness (QED) is 0.809. The Morgan fingerprint density at radius 2 is 1.79 bits per heavy atom. The highest BCUT2D eigenvalue weighted by molar-refractivity contribution is 6.01. The number of aliphatic hydroxyl groups excluding tert-OH is 1. The molecule has 1 N–H and O–H groups in total. The molecule has 0 spiro atoms. The molecule has 1 aromatic carbocycles. The minimum atomic E-state index is -1.03. The number of benzene rings is 1. The minimum absolute atomic E-state index is 0.0490. The summed E-state index contributed by atoms with van der Waals surface area (Å²) in [6.07, 6.45) is -1.25. The molecule has 0 saturated carbocycles. The molecule has 19 heavy (non-hydrogen) atoms. The topological polar surface area (TPSA) is 83.9 Å². The predicted molar refractivity (Wildman–Crippen MR) is 63.2 cm³/mol. The van der Waals surface area contributed by atoms with Gasteiger partial charge in [0.05, 0.1) is 12.5 Å². The first kappa shape index (κ1) is 13.2. The van der Waals surface area contributed by atoms with Crippen molar-refractivity contribution in [2.24, 2.45) is 0 Å². The Balaban J connectivity index is 1.91. The highest BCUT2D eigenvalue weighted by Gasteiger charge is 2.33. The second-order valence-electron chi connectivity index (χ2n) is 4.18. The molecule has 1 atom stereocenters. The van der Waals surface area contributed by atoms with E-state index < -0.39 is 23.9 Å². The molecule has 6 heteroatoms. The summed E-state index contributed by atoms with van der Waals surface area (Å²) in [6.45, 7) is 0. The molecule has 6 nitrogen and oxygen atoms in total. The van der Waals surface area contributed by atoms with Gasteiger partial charge in [-0.05, 0) is 5.56 Å². The van der Waals surface area contributed by atoms with Gasteiger partial charge in [0, 0.05) is 12.8 Å². The lowest BCUT2D eigenvalue weighted by atomic mass is 10.1. The van der Waals surface area contributed by atoms with Crippen molar-refractivity contribution in [1.82, 2.24) is 5.06 Å². The fourth-order valence-corrected chi connectivity index (χ4v) is 1.75. The third kappa shape index (κ3) is 3.17. The Morgan fingerprint density at radius 3 is 2.37 bits per heavy atom. The lowest BCUT2D eigenvalue weighted by molar-refractivity contribution is -0.198. The standard InChI is InChI=1S/C13H13NO5/c15-10(9-4-2-1-3-5-9)8-13(18)19-14-11(16)6-7-12(14)17/h1-5,10,15H,6-8H2. The number of nitrogens with zero attached hydrogens (tertiary/aromatic N) is 1. The summed E-state index contributed by atoms with van der Waals surface area (Å²) in [5.41, 5.74) is 0.568. The zero-order chi connectivity index (χ0) is 13.8. The van der Waals surface area contributed by atoms with Crippen LogP contribution in [0.1, 0.15) is 30.9 Å². The lowest BCUT2D eigenvalue weighted by Gasteiger charge is -2.14. The third-order valence-electron chi connectivity index (χ3n) is 2.74. The van der Waals surface area contributed by atoms with E-state index in [1.165, 1.54) is 0 Å². The third-order valence-corrected chi connectivity index (χ3v) is 2.74. The number of aliphatic hydroxyl groups is 1. The van der Waals surface area contributed by atoms with Crippen LogP contribution in [0.15, 0.2) is 30.3 Å². The Hall–Kier alpha value is -2.21. The number of carbonyl (C=O) groups excluding carboxylic acids is 3. The maximum Gasteiger partial charge on any atom is 0.336 e. The molecule has 1 heterocycles. The van der Waals surface area contributed by atoms with Crippen molar-refractivity contribution in [3.63, 3.8) is 0 Å². The van der Waals surface area contributed by atoms with Crippen LogP contribution in [0.5, 0.6) is 0 Å². The molecule has 0 aliphatic carbocycles. The van der Waals surface area contributed by atoms with Crippen molar-refractivity contribution >= 4 is 17.8 Å². The van der Waals surface area contributed by atoms with Crippen molar-refractivity contribution in [3.8, 4) is 0 Å². The molecule has 2 rings (SSSR count). The number of hydrogen-bond acceptors (Lipinski definition) is 5. The van der Waals surface area contributed by atoms with Crippen LogP contribution in [0.2, 0.25) is 0 Å². The normalized spacial score (nSPS) is 16.6. The monoisotopic (exact) mass is 263 g/mol. The van der Waals surface area contributed by atoms with Crippen LogP contribution >= 0.6 is 0 Å². The second kappa shape index (κ2) is 5.62. The van der Waals surface area contributed by atoms with Crippen molar-refractivity contribution in [3.05, 3.63) is 35.9 Å². The predicted octanol–water partition coefficient (Wildman–Crippen LogP) is 0.717. The molecule has 1 aliphatic rings.